The van der Waals surface area contributed by atoms with Crippen LogP contribution in [0.2, 0.25) is 0 Å². The molecular weight excluding hydrogens is 500 g/mol. The predicted octanol–water partition coefficient (Wildman–Crippen LogP) is 8.23. The number of carbonyl (C=O) groups is 2. The third-order valence-electron chi connectivity index (χ3n) is 5.49. The van der Waals surface area contributed by atoms with Crippen LogP contribution in [0.25, 0.3) is 12.2 Å². The highest BCUT2D eigenvalue weighted by molar-refractivity contribution is 7.11. The molecule has 0 N–H and O–H groups in total. The summed E-state index contributed by atoms with van der Waals surface area (Å²) in [6.07, 6.45) is 9.68. The fourth-order valence-electron chi connectivity index (χ4n) is 3.47. The van der Waals surface area contributed by atoms with Gasteiger partial charge in [-0.3, -0.25) is 9.59 Å². The highest BCUT2D eigenvalue weighted by Crippen LogP contribution is 2.17. The Morgan fingerprint density at radius 2 is 1.03 bits per heavy atom. The number of carbonyl (C=O) groups excluding carboxylic acids is 2. The zero-order chi connectivity index (χ0) is 25.7. The van der Waals surface area contributed by atoms with E-state index in [2.05, 4.69) is 0 Å². The molecule has 188 valence electrons. The van der Waals surface area contributed by atoms with E-state index in [4.69, 9.17) is 9.47 Å². The van der Waals surface area contributed by atoms with E-state index in [1.54, 1.807) is 59.1 Å². The van der Waals surface area contributed by atoms with Gasteiger partial charge in [0.2, 0.25) is 0 Å². The third-order valence-corrected chi connectivity index (χ3v) is 7.16. The van der Waals surface area contributed by atoms with Gasteiger partial charge in [0.15, 0.2) is 11.6 Å². The lowest BCUT2D eigenvalue weighted by atomic mass is 10.1. The Labute approximate surface area is 225 Å². The molecule has 0 saturated heterocycles. The van der Waals surface area contributed by atoms with E-state index in [-0.39, 0.29) is 11.6 Å². The topological polar surface area (TPSA) is 52.6 Å². The smallest absolute Gasteiger partial charge is 0.185 e. The lowest BCUT2D eigenvalue weighted by Gasteiger charge is -2.08. The molecule has 6 heteroatoms. The summed E-state index contributed by atoms with van der Waals surface area (Å²) in [7, 11) is 0. The Balaban J connectivity index is 1.09. The van der Waals surface area contributed by atoms with Gasteiger partial charge in [0.25, 0.3) is 0 Å². The van der Waals surface area contributed by atoms with Gasteiger partial charge in [0, 0.05) is 20.9 Å². The van der Waals surface area contributed by atoms with Gasteiger partial charge in [0.05, 0.1) is 13.2 Å². The number of unbranched alkanes of at least 4 members (excludes halogenated alkanes) is 2. The number of thiophene rings is 2. The lowest BCUT2D eigenvalue weighted by molar-refractivity contribution is 0.103. The van der Waals surface area contributed by atoms with Crippen molar-refractivity contribution in [3.05, 3.63) is 117 Å². The molecule has 2 aromatic heterocycles. The molecule has 4 rings (SSSR count). The molecular formula is C31H28O4S2. The molecule has 0 unspecified atom stereocenters. The monoisotopic (exact) mass is 528 g/mol. The van der Waals surface area contributed by atoms with Crippen molar-refractivity contribution in [3.63, 3.8) is 0 Å². The molecule has 0 aliphatic carbocycles. The average Bonchev–Trinajstić information content (AvgIpc) is 3.65. The first-order chi connectivity index (χ1) is 18.2. The van der Waals surface area contributed by atoms with Crippen LogP contribution in [0.5, 0.6) is 11.5 Å². The third kappa shape index (κ3) is 8.70. The molecule has 4 nitrogen and oxygen atoms in total. The zero-order valence-corrected chi connectivity index (χ0v) is 22.0. The van der Waals surface area contributed by atoms with Crippen molar-refractivity contribution in [3.8, 4) is 11.5 Å². The molecule has 4 aromatic rings. The molecule has 37 heavy (non-hydrogen) atoms. The number of hydrogen-bond donors (Lipinski definition) is 0. The maximum absolute atomic E-state index is 12.3. The van der Waals surface area contributed by atoms with E-state index in [0.29, 0.717) is 24.3 Å². The zero-order valence-electron chi connectivity index (χ0n) is 20.4. The fraction of sp³-hybridized carbons (Fsp3) is 0.161. The van der Waals surface area contributed by atoms with Crippen molar-refractivity contribution in [2.45, 2.75) is 19.3 Å². The second-order valence-corrected chi connectivity index (χ2v) is 10.2. The summed E-state index contributed by atoms with van der Waals surface area (Å²) >= 11 is 3.20. The van der Waals surface area contributed by atoms with E-state index in [1.807, 2.05) is 71.4 Å². The van der Waals surface area contributed by atoms with Crippen molar-refractivity contribution in [2.24, 2.45) is 0 Å². The van der Waals surface area contributed by atoms with Gasteiger partial charge in [-0.05, 0) is 115 Å². The second kappa shape index (κ2) is 14.1. The van der Waals surface area contributed by atoms with Crippen LogP contribution < -0.4 is 9.47 Å². The largest absolute Gasteiger partial charge is 0.494 e. The van der Waals surface area contributed by atoms with Crippen molar-refractivity contribution in [2.75, 3.05) is 13.2 Å². The molecule has 2 aromatic carbocycles. The Kier molecular flexibility index (Phi) is 10.0. The molecule has 0 spiro atoms. The molecule has 0 amide bonds. The summed E-state index contributed by atoms with van der Waals surface area (Å²) < 4.78 is 11.6. The molecule has 0 radical (unpaired) electrons. The average molecular weight is 529 g/mol. The van der Waals surface area contributed by atoms with E-state index in [9.17, 15) is 9.59 Å². The standard InChI is InChI=1S/C31H28O4S2/c32-30(18-16-28-6-4-22-36-28)24-8-12-26(13-9-24)34-20-2-1-3-21-35-27-14-10-25(11-15-27)31(33)19-17-29-7-5-23-37-29/h4-19,22-23H,1-3,20-21H2/b18-16+,19-17+. The summed E-state index contributed by atoms with van der Waals surface area (Å²) in [5.41, 5.74) is 1.29. The van der Waals surface area contributed by atoms with E-state index >= 15 is 0 Å². The number of benzene rings is 2. The van der Waals surface area contributed by atoms with Gasteiger partial charge in [-0.1, -0.05) is 12.1 Å². The first-order valence-corrected chi connectivity index (χ1v) is 13.9. The SMILES string of the molecule is O=C(/C=C/c1cccs1)c1ccc(OCCCCCOc2ccc(C(=O)/C=C/c3cccs3)cc2)cc1. The van der Waals surface area contributed by atoms with Crippen molar-refractivity contribution >= 4 is 46.4 Å². The highest BCUT2D eigenvalue weighted by atomic mass is 32.1. The van der Waals surface area contributed by atoms with Crippen LogP contribution in [-0.4, -0.2) is 24.8 Å². The second-order valence-electron chi connectivity index (χ2n) is 8.23. The van der Waals surface area contributed by atoms with E-state index in [1.165, 1.54) is 0 Å². The van der Waals surface area contributed by atoms with E-state index in [0.717, 1.165) is 40.5 Å². The molecule has 0 atom stereocenters. The van der Waals surface area contributed by atoms with Crippen LogP contribution in [0, 0.1) is 0 Å². The Bertz CT molecular complexity index is 1200. The number of allylic oxidation sites excluding steroid dienone is 2. The van der Waals surface area contributed by atoms with Gasteiger partial charge in [0.1, 0.15) is 11.5 Å². The summed E-state index contributed by atoms with van der Waals surface area (Å²) in [5, 5.41) is 3.97. The Hall–Kier alpha value is -3.74. The normalized spacial score (nSPS) is 11.2. The van der Waals surface area contributed by atoms with Crippen LogP contribution in [0.15, 0.2) is 95.7 Å². The van der Waals surface area contributed by atoms with Crippen LogP contribution >= 0.6 is 22.7 Å². The number of ether oxygens (including phenoxy) is 2. The summed E-state index contributed by atoms with van der Waals surface area (Å²) in [4.78, 5) is 26.7. The first kappa shape index (κ1) is 26.3. The minimum atomic E-state index is -0.0211. The summed E-state index contributed by atoms with van der Waals surface area (Å²) in [6.45, 7) is 1.22. The van der Waals surface area contributed by atoms with Gasteiger partial charge in [-0.25, -0.2) is 0 Å². The molecule has 0 bridgehead atoms. The minimum absolute atomic E-state index is 0.0211. The quantitative estimate of drug-likeness (QED) is 0.0940. The maximum Gasteiger partial charge on any atom is 0.185 e. The van der Waals surface area contributed by atoms with Gasteiger partial charge < -0.3 is 9.47 Å². The molecule has 0 saturated carbocycles. The fourth-order valence-corrected chi connectivity index (χ4v) is 4.71. The maximum atomic E-state index is 12.3. The predicted molar refractivity (Wildman–Crippen MR) is 153 cm³/mol. The number of hydrogen-bond acceptors (Lipinski definition) is 6. The van der Waals surface area contributed by atoms with Crippen LogP contribution in [0.4, 0.5) is 0 Å². The Morgan fingerprint density at radius 3 is 1.41 bits per heavy atom. The van der Waals surface area contributed by atoms with Crippen molar-refractivity contribution in [1.82, 2.24) is 0 Å². The van der Waals surface area contributed by atoms with Crippen molar-refractivity contribution in [1.29, 1.82) is 0 Å². The Morgan fingerprint density at radius 1 is 0.595 bits per heavy atom. The minimum Gasteiger partial charge on any atom is -0.494 e. The van der Waals surface area contributed by atoms with E-state index < -0.39 is 0 Å². The molecule has 0 fully saturated rings. The lowest BCUT2D eigenvalue weighted by Crippen LogP contribution is -2.02. The first-order valence-electron chi connectivity index (χ1n) is 12.1. The number of ketones is 2. The van der Waals surface area contributed by atoms with Gasteiger partial charge >= 0.3 is 0 Å². The van der Waals surface area contributed by atoms with Crippen molar-refractivity contribution < 1.29 is 19.1 Å². The van der Waals surface area contributed by atoms with Crippen LogP contribution in [0.3, 0.4) is 0 Å². The highest BCUT2D eigenvalue weighted by Gasteiger charge is 2.04. The molecule has 0 aliphatic heterocycles. The summed E-state index contributed by atoms with van der Waals surface area (Å²) in [6, 6.07) is 22.4. The van der Waals surface area contributed by atoms with Gasteiger partial charge in [-0.15, -0.1) is 22.7 Å². The van der Waals surface area contributed by atoms with Gasteiger partial charge in [-0.2, -0.15) is 0 Å². The molecule has 0 aliphatic rings. The summed E-state index contributed by atoms with van der Waals surface area (Å²) in [5.74, 6) is 1.48. The molecule has 2 heterocycles. The van der Waals surface area contributed by atoms with Crippen LogP contribution in [-0.2, 0) is 0 Å². The van der Waals surface area contributed by atoms with Crippen LogP contribution in [0.1, 0.15) is 49.7 Å². The number of rotatable bonds is 14.